The number of urea groups is 1. The Hall–Kier alpha value is -3.38. The van der Waals surface area contributed by atoms with Crippen LogP contribution >= 0.6 is 38.5 Å². The molecule has 1 heterocycles. The van der Waals surface area contributed by atoms with Gasteiger partial charge in [-0.1, -0.05) is 28.1 Å². The van der Waals surface area contributed by atoms with Crippen molar-refractivity contribution in [2.45, 2.75) is 20.5 Å². The molecule has 0 aliphatic carbocycles. The number of ether oxygens (including phenoxy) is 3. The van der Waals surface area contributed by atoms with Crippen LogP contribution in [0.25, 0.3) is 6.08 Å². The molecule has 10 heteroatoms. The highest BCUT2D eigenvalue weighted by atomic mass is 127. The minimum atomic E-state index is -0.879. The number of rotatable bonds is 9. The van der Waals surface area contributed by atoms with Gasteiger partial charge in [-0.15, -0.1) is 0 Å². The van der Waals surface area contributed by atoms with E-state index in [0.717, 1.165) is 18.5 Å². The summed E-state index contributed by atoms with van der Waals surface area (Å²) < 4.78 is 19.1. The van der Waals surface area contributed by atoms with Crippen LogP contribution in [-0.4, -0.2) is 31.1 Å². The number of carbonyl (C=O) groups is 3. The van der Waals surface area contributed by atoms with Gasteiger partial charge in [0.15, 0.2) is 0 Å². The molecule has 0 atom stereocenters. The van der Waals surface area contributed by atoms with Crippen molar-refractivity contribution >= 4 is 68.1 Å². The lowest BCUT2D eigenvalue weighted by molar-refractivity contribution is -0.122. The Balaban J connectivity index is 1.71. The zero-order chi connectivity index (χ0) is 27.2. The van der Waals surface area contributed by atoms with E-state index in [1.807, 2.05) is 31.2 Å². The van der Waals surface area contributed by atoms with Crippen LogP contribution < -0.4 is 24.4 Å². The zero-order valence-corrected chi connectivity index (χ0v) is 24.4. The predicted molar refractivity (Wildman–Crippen MR) is 155 cm³/mol. The van der Waals surface area contributed by atoms with E-state index in [1.165, 1.54) is 12.1 Å². The fraction of sp³-hybridized carbons (Fsp3) is 0.179. The van der Waals surface area contributed by atoms with Crippen LogP contribution in [0.4, 0.5) is 10.5 Å². The van der Waals surface area contributed by atoms with E-state index in [1.54, 1.807) is 37.3 Å². The van der Waals surface area contributed by atoms with Gasteiger partial charge in [0.2, 0.25) is 0 Å². The van der Waals surface area contributed by atoms with Gasteiger partial charge in [0, 0.05) is 19.7 Å². The highest BCUT2D eigenvalue weighted by molar-refractivity contribution is 14.1. The van der Waals surface area contributed by atoms with Crippen LogP contribution in [0.5, 0.6) is 17.2 Å². The van der Waals surface area contributed by atoms with Gasteiger partial charge in [0.05, 0.1) is 18.9 Å². The van der Waals surface area contributed by atoms with Crippen LogP contribution in [0, 0.1) is 3.57 Å². The van der Waals surface area contributed by atoms with Gasteiger partial charge in [-0.25, -0.2) is 9.69 Å². The summed E-state index contributed by atoms with van der Waals surface area (Å²) in [4.78, 5) is 40.2. The van der Waals surface area contributed by atoms with Crippen molar-refractivity contribution in [2.24, 2.45) is 0 Å². The number of imide groups is 2. The Bertz CT molecular complexity index is 1410. The molecule has 1 saturated heterocycles. The molecule has 0 aromatic heterocycles. The Morgan fingerprint density at radius 1 is 0.895 bits per heavy atom. The first-order valence-electron chi connectivity index (χ1n) is 11.8. The molecule has 8 nitrogen and oxygen atoms in total. The second kappa shape index (κ2) is 12.4. The van der Waals surface area contributed by atoms with Crippen LogP contribution in [0.1, 0.15) is 25.0 Å². The third kappa shape index (κ3) is 6.36. The maximum absolute atomic E-state index is 13.6. The smallest absolute Gasteiger partial charge is 0.336 e. The first-order valence-corrected chi connectivity index (χ1v) is 13.7. The number of carbonyl (C=O) groups excluding carboxylic acids is 3. The van der Waals surface area contributed by atoms with E-state index in [2.05, 4.69) is 43.8 Å². The molecule has 0 spiro atoms. The van der Waals surface area contributed by atoms with E-state index in [-0.39, 0.29) is 11.3 Å². The van der Waals surface area contributed by atoms with Gasteiger partial charge in [-0.05, 0) is 90.5 Å². The summed E-state index contributed by atoms with van der Waals surface area (Å²) >= 11 is 5.67. The Kier molecular flexibility index (Phi) is 9.05. The summed E-state index contributed by atoms with van der Waals surface area (Å²) in [6.07, 6.45) is 1.41. The summed E-state index contributed by atoms with van der Waals surface area (Å²) in [6, 6.07) is 17.1. The minimum absolute atomic E-state index is 0.170. The second-order valence-electron chi connectivity index (χ2n) is 8.05. The Morgan fingerprint density at radius 2 is 1.61 bits per heavy atom. The highest BCUT2D eigenvalue weighted by Gasteiger charge is 2.38. The molecule has 38 heavy (non-hydrogen) atoms. The average molecular weight is 691 g/mol. The molecule has 0 bridgehead atoms. The lowest BCUT2D eigenvalue weighted by atomic mass is 10.1. The molecule has 4 rings (SSSR count). The lowest BCUT2D eigenvalue weighted by Gasteiger charge is -2.28. The number of anilines is 1. The maximum Gasteiger partial charge on any atom is 0.336 e. The van der Waals surface area contributed by atoms with Crippen LogP contribution in [-0.2, 0) is 16.2 Å². The topological polar surface area (TPSA) is 94.2 Å². The summed E-state index contributed by atoms with van der Waals surface area (Å²) in [6.45, 7) is 4.61. The highest BCUT2D eigenvalue weighted by Crippen LogP contribution is 2.35. The van der Waals surface area contributed by atoms with Gasteiger partial charge in [-0.3, -0.25) is 14.9 Å². The molecule has 0 unspecified atom stereocenters. The summed E-state index contributed by atoms with van der Waals surface area (Å²) in [5, 5.41) is 2.26. The number of nitrogens with one attached hydrogen (secondary N) is 1. The van der Waals surface area contributed by atoms with Crippen LogP contribution in [0.3, 0.4) is 0 Å². The number of amides is 4. The number of nitrogens with zero attached hydrogens (tertiary/aromatic N) is 1. The van der Waals surface area contributed by atoms with Gasteiger partial charge in [0.1, 0.15) is 29.4 Å². The van der Waals surface area contributed by atoms with Gasteiger partial charge < -0.3 is 14.2 Å². The quantitative estimate of drug-likeness (QED) is 0.166. The number of hydrogen-bond donors (Lipinski definition) is 1. The third-order valence-electron chi connectivity index (χ3n) is 5.46. The van der Waals surface area contributed by atoms with Crippen molar-refractivity contribution in [1.82, 2.24) is 5.32 Å². The molecule has 0 radical (unpaired) electrons. The van der Waals surface area contributed by atoms with Gasteiger partial charge >= 0.3 is 6.03 Å². The van der Waals surface area contributed by atoms with E-state index >= 15 is 0 Å². The fourth-order valence-corrected chi connectivity index (χ4v) is 4.48. The van der Waals surface area contributed by atoms with Crippen molar-refractivity contribution in [3.63, 3.8) is 0 Å². The summed E-state index contributed by atoms with van der Waals surface area (Å²) in [5.41, 5.74) is 1.40. The number of halogens is 2. The van der Waals surface area contributed by atoms with Crippen molar-refractivity contribution in [2.75, 3.05) is 18.1 Å². The van der Waals surface area contributed by atoms with Gasteiger partial charge in [0.25, 0.3) is 11.8 Å². The number of barbiturate groups is 1. The summed E-state index contributed by atoms with van der Waals surface area (Å²) in [7, 11) is 0. The molecular formula is C28H24BrIN2O6. The molecule has 4 amide bonds. The normalized spacial score (nSPS) is 14.5. The van der Waals surface area contributed by atoms with E-state index in [9.17, 15) is 14.4 Å². The second-order valence-corrected chi connectivity index (χ2v) is 10.2. The first kappa shape index (κ1) is 27.6. The molecular weight excluding hydrogens is 667 g/mol. The third-order valence-corrected chi connectivity index (χ3v) is 6.68. The fourth-order valence-electron chi connectivity index (χ4n) is 3.74. The zero-order valence-electron chi connectivity index (χ0n) is 20.6. The molecule has 0 saturated carbocycles. The number of hydrogen-bond acceptors (Lipinski definition) is 6. The maximum atomic E-state index is 13.6. The largest absolute Gasteiger partial charge is 0.494 e. The van der Waals surface area contributed by atoms with Crippen LogP contribution in [0.2, 0.25) is 0 Å². The molecule has 3 aromatic carbocycles. The van der Waals surface area contributed by atoms with Crippen LogP contribution in [0.15, 0.2) is 70.7 Å². The monoisotopic (exact) mass is 690 g/mol. The number of benzene rings is 3. The van der Waals surface area contributed by atoms with Gasteiger partial charge in [-0.2, -0.15) is 0 Å². The Morgan fingerprint density at radius 3 is 2.32 bits per heavy atom. The SMILES string of the molecule is CCOc1ccc(OCC)c(N2C(=O)NC(=O)/C(=C\c3cc(Br)ccc3OCc3ccc(I)cc3)C2=O)c1. The molecule has 1 aliphatic rings. The standard InChI is InChI=1S/C28H24BrIN2O6/c1-3-36-21-10-12-25(37-4-2)23(15-21)32-27(34)22(26(33)31-28(32)35)14-18-13-19(29)7-11-24(18)38-16-17-5-8-20(30)9-6-17/h5-15H,3-4,16H2,1-2H3,(H,31,33,35)/b22-14+. The van der Waals surface area contributed by atoms with E-state index < -0.39 is 17.8 Å². The minimum Gasteiger partial charge on any atom is -0.494 e. The predicted octanol–water partition coefficient (Wildman–Crippen LogP) is 6.10. The average Bonchev–Trinajstić information content (AvgIpc) is 2.88. The molecule has 196 valence electrons. The lowest BCUT2D eigenvalue weighted by Crippen LogP contribution is -2.54. The van der Waals surface area contributed by atoms with Crippen molar-refractivity contribution in [1.29, 1.82) is 0 Å². The van der Waals surface area contributed by atoms with E-state index in [0.29, 0.717) is 42.6 Å². The molecule has 1 fully saturated rings. The van der Waals surface area contributed by atoms with Crippen molar-refractivity contribution in [3.05, 3.63) is 85.4 Å². The van der Waals surface area contributed by atoms with Crippen molar-refractivity contribution < 1.29 is 28.6 Å². The van der Waals surface area contributed by atoms with Crippen molar-refractivity contribution in [3.8, 4) is 17.2 Å². The first-order chi connectivity index (χ1) is 18.3. The summed E-state index contributed by atoms with van der Waals surface area (Å²) in [5.74, 6) is -0.378. The van der Waals surface area contributed by atoms with E-state index in [4.69, 9.17) is 14.2 Å². The molecule has 1 N–H and O–H groups in total. The molecule has 3 aromatic rings. The Labute approximate surface area is 242 Å². The molecule has 1 aliphatic heterocycles.